The van der Waals surface area contributed by atoms with Crippen molar-refractivity contribution in [1.82, 2.24) is 20.9 Å². The molecule has 1 atom stereocenters. The molecule has 0 bridgehead atoms. The molecule has 5 N–H and O–H groups in total. The number of non-ortho nitro benzene ring substituents is 1. The highest BCUT2D eigenvalue weighted by molar-refractivity contribution is 5.96. The van der Waals surface area contributed by atoms with Crippen LogP contribution < -0.4 is 20.7 Å². The van der Waals surface area contributed by atoms with Gasteiger partial charge in [-0.3, -0.25) is 19.7 Å². The molecule has 2 heterocycles. The molecule has 238 valence electrons. The summed E-state index contributed by atoms with van der Waals surface area (Å²) in [6.07, 6.45) is 3.18. The lowest BCUT2D eigenvalue weighted by atomic mass is 10.1. The number of carboxylic acid groups (broad SMARTS) is 2. The van der Waals surface area contributed by atoms with E-state index in [0.29, 0.717) is 48.0 Å². The van der Waals surface area contributed by atoms with Crippen molar-refractivity contribution >= 4 is 40.3 Å². The summed E-state index contributed by atoms with van der Waals surface area (Å²) in [5.41, 5.74) is 1.59. The number of ether oxygens (including phenoxy) is 1. The molecule has 0 fully saturated rings. The number of fused-ring (bicyclic) bond motifs is 1. The number of rotatable bonds is 19. The molecule has 4 rings (SSSR count). The lowest BCUT2D eigenvalue weighted by molar-refractivity contribution is -0.383. The van der Waals surface area contributed by atoms with Crippen LogP contribution in [0.5, 0.6) is 5.75 Å². The summed E-state index contributed by atoms with van der Waals surface area (Å²) < 4.78 is 16.0. The fourth-order valence-corrected chi connectivity index (χ4v) is 4.38. The number of amides is 1. The number of hydrogen-bond acceptors (Lipinski definition) is 12. The Morgan fingerprint density at radius 1 is 0.911 bits per heavy atom. The molecular formula is C29H32N6O10. The zero-order valence-electron chi connectivity index (χ0n) is 24.1. The Balaban J connectivity index is 1.07. The van der Waals surface area contributed by atoms with E-state index < -0.39 is 35.2 Å². The number of unbranched alkanes of at least 4 members (excludes halogenated alkanes) is 3. The van der Waals surface area contributed by atoms with Crippen molar-refractivity contribution in [3.63, 3.8) is 0 Å². The minimum atomic E-state index is -1.58. The summed E-state index contributed by atoms with van der Waals surface area (Å²) in [4.78, 5) is 44.9. The Labute approximate surface area is 255 Å². The van der Waals surface area contributed by atoms with E-state index >= 15 is 0 Å². The van der Waals surface area contributed by atoms with Crippen molar-refractivity contribution in [2.45, 2.75) is 38.1 Å². The summed E-state index contributed by atoms with van der Waals surface area (Å²) in [5.74, 6) is -2.70. The average Bonchev–Trinajstić information content (AvgIpc) is 3.70. The average molecular weight is 625 g/mol. The van der Waals surface area contributed by atoms with Crippen LogP contribution in [-0.2, 0) is 9.59 Å². The van der Waals surface area contributed by atoms with Crippen molar-refractivity contribution in [2.24, 2.45) is 0 Å². The monoisotopic (exact) mass is 624 g/mol. The number of aliphatic carboxylic acids is 2. The van der Waals surface area contributed by atoms with E-state index in [9.17, 15) is 24.5 Å². The molecule has 0 saturated carbocycles. The maximum absolute atomic E-state index is 12.3. The van der Waals surface area contributed by atoms with Gasteiger partial charge in [0, 0.05) is 24.7 Å². The van der Waals surface area contributed by atoms with Crippen LogP contribution in [-0.4, -0.2) is 75.6 Å². The first kappa shape index (κ1) is 32.4. The minimum absolute atomic E-state index is 0.113. The second-order valence-corrected chi connectivity index (χ2v) is 9.94. The normalized spacial score (nSPS) is 11.6. The number of anilines is 1. The van der Waals surface area contributed by atoms with Gasteiger partial charge < -0.3 is 35.3 Å². The number of benzene rings is 2. The van der Waals surface area contributed by atoms with Gasteiger partial charge in [0.25, 0.3) is 5.91 Å². The maximum Gasteiger partial charge on any atom is 0.326 e. The highest BCUT2D eigenvalue weighted by atomic mass is 16.6. The number of nitrogens with zero attached hydrogens (tertiary/aromatic N) is 3. The van der Waals surface area contributed by atoms with Gasteiger partial charge in [-0.05, 0) is 72.2 Å². The fraction of sp³-hybridized carbons (Fsp3) is 0.345. The third-order valence-electron chi connectivity index (χ3n) is 6.68. The van der Waals surface area contributed by atoms with Crippen molar-refractivity contribution in [2.75, 3.05) is 31.6 Å². The van der Waals surface area contributed by atoms with E-state index in [1.807, 2.05) is 0 Å². The van der Waals surface area contributed by atoms with Gasteiger partial charge in [0.2, 0.25) is 5.52 Å². The second kappa shape index (κ2) is 15.8. The van der Waals surface area contributed by atoms with Gasteiger partial charge in [-0.2, -0.15) is 0 Å². The van der Waals surface area contributed by atoms with Gasteiger partial charge in [-0.1, -0.05) is 12.8 Å². The van der Waals surface area contributed by atoms with E-state index in [-0.39, 0.29) is 17.0 Å². The predicted octanol–water partition coefficient (Wildman–Crippen LogP) is 3.69. The molecule has 0 aliphatic heterocycles. The lowest BCUT2D eigenvalue weighted by Gasteiger charge is -2.10. The number of nitro groups is 1. The largest absolute Gasteiger partial charge is 0.494 e. The molecule has 2 aromatic carbocycles. The van der Waals surface area contributed by atoms with E-state index in [1.54, 1.807) is 36.4 Å². The van der Waals surface area contributed by atoms with Crippen molar-refractivity contribution in [1.29, 1.82) is 0 Å². The molecule has 1 amide bonds. The quantitative estimate of drug-likeness (QED) is 0.0569. The van der Waals surface area contributed by atoms with Crippen LogP contribution >= 0.6 is 0 Å². The van der Waals surface area contributed by atoms with Gasteiger partial charge in [0.05, 0.1) is 23.6 Å². The van der Waals surface area contributed by atoms with Crippen LogP contribution in [0.4, 0.5) is 11.4 Å². The van der Waals surface area contributed by atoms with Crippen LogP contribution in [0.15, 0.2) is 57.6 Å². The highest BCUT2D eigenvalue weighted by Crippen LogP contribution is 2.28. The maximum atomic E-state index is 12.3. The van der Waals surface area contributed by atoms with E-state index in [0.717, 1.165) is 32.2 Å². The van der Waals surface area contributed by atoms with Crippen LogP contribution in [0.2, 0.25) is 0 Å². The molecule has 45 heavy (non-hydrogen) atoms. The Morgan fingerprint density at radius 2 is 1.67 bits per heavy atom. The Morgan fingerprint density at radius 3 is 2.40 bits per heavy atom. The summed E-state index contributed by atoms with van der Waals surface area (Å²) >= 11 is 0. The summed E-state index contributed by atoms with van der Waals surface area (Å²) in [7, 11) is 0. The number of aromatic nitrogens is 2. The van der Waals surface area contributed by atoms with Crippen molar-refractivity contribution in [3.8, 4) is 17.1 Å². The molecular weight excluding hydrogens is 592 g/mol. The fourth-order valence-electron chi connectivity index (χ4n) is 4.38. The van der Waals surface area contributed by atoms with Gasteiger partial charge in [-0.25, -0.2) is 9.42 Å². The number of carboxylic acids is 2. The topological polar surface area (TPSA) is 232 Å². The standard InChI is InChI=1S/C29H32N6O10/c36-25(37)17-21(29(39)40)32-28(38)24-12-11-23(44-24)18-5-7-19(8-6-18)43-16-4-2-1-3-13-30-14-15-31-20-9-10-22(35(41)42)27-26(20)33-45-34-27/h5-12,21,30-31H,1-4,13-17H2,(H,32,38)(H,36,37)(H,39,40)/t21-/m0/s1. The first-order chi connectivity index (χ1) is 21.7. The van der Waals surface area contributed by atoms with Crippen LogP contribution in [0.3, 0.4) is 0 Å². The summed E-state index contributed by atoms with van der Waals surface area (Å²) in [5, 5.41) is 45.1. The molecule has 16 heteroatoms. The number of furan rings is 1. The van der Waals surface area contributed by atoms with Crippen LogP contribution in [0, 0.1) is 10.1 Å². The molecule has 0 radical (unpaired) electrons. The smallest absolute Gasteiger partial charge is 0.326 e. The Bertz CT molecular complexity index is 1620. The molecule has 0 saturated heterocycles. The number of carbonyl (C=O) groups excluding carboxylic acids is 1. The summed E-state index contributed by atoms with van der Waals surface area (Å²) in [6.45, 7) is 2.71. The Hall–Kier alpha value is -5.51. The van der Waals surface area contributed by atoms with Gasteiger partial charge in [0.15, 0.2) is 11.3 Å². The highest BCUT2D eigenvalue weighted by Gasteiger charge is 2.25. The second-order valence-electron chi connectivity index (χ2n) is 9.94. The van der Waals surface area contributed by atoms with E-state index in [1.165, 1.54) is 12.1 Å². The van der Waals surface area contributed by atoms with Gasteiger partial charge in [-0.15, -0.1) is 0 Å². The summed E-state index contributed by atoms with van der Waals surface area (Å²) in [6, 6.07) is 11.4. The molecule has 4 aromatic rings. The predicted molar refractivity (Wildman–Crippen MR) is 159 cm³/mol. The first-order valence-electron chi connectivity index (χ1n) is 14.2. The molecule has 2 aromatic heterocycles. The van der Waals surface area contributed by atoms with Crippen LogP contribution in [0.25, 0.3) is 22.4 Å². The van der Waals surface area contributed by atoms with E-state index in [4.69, 9.17) is 19.4 Å². The molecule has 0 unspecified atom stereocenters. The van der Waals surface area contributed by atoms with Crippen molar-refractivity contribution < 1.29 is 43.3 Å². The molecule has 0 aliphatic rings. The molecule has 16 nitrogen and oxygen atoms in total. The SMILES string of the molecule is O=C(O)C[C@H](NC(=O)c1ccc(-c2ccc(OCCCCCCNCCNc3ccc([N+](=O)[O-])c4nonc34)cc2)o1)C(=O)O. The number of nitrogens with one attached hydrogen (secondary N) is 3. The third-order valence-corrected chi connectivity index (χ3v) is 6.68. The van der Waals surface area contributed by atoms with Crippen molar-refractivity contribution in [3.05, 3.63) is 64.4 Å². The van der Waals surface area contributed by atoms with Crippen LogP contribution in [0.1, 0.15) is 42.7 Å². The lowest BCUT2D eigenvalue weighted by Crippen LogP contribution is -2.42. The zero-order chi connectivity index (χ0) is 32.2. The number of nitro benzene ring substituents is 1. The minimum Gasteiger partial charge on any atom is -0.494 e. The molecule has 0 spiro atoms. The third kappa shape index (κ3) is 9.24. The van der Waals surface area contributed by atoms with E-state index in [2.05, 4.69) is 30.9 Å². The zero-order valence-corrected chi connectivity index (χ0v) is 24.1. The first-order valence-corrected chi connectivity index (χ1v) is 14.2. The molecule has 0 aliphatic carbocycles. The number of carbonyl (C=O) groups is 3. The van der Waals surface area contributed by atoms with Gasteiger partial charge >= 0.3 is 17.6 Å². The number of hydrogen-bond donors (Lipinski definition) is 5. The van der Waals surface area contributed by atoms with Gasteiger partial charge in [0.1, 0.15) is 17.6 Å². The Kier molecular flexibility index (Phi) is 11.4.